The summed E-state index contributed by atoms with van der Waals surface area (Å²) < 4.78 is 6.31. The van der Waals surface area contributed by atoms with Gasteiger partial charge in [-0.2, -0.15) is 5.48 Å². The van der Waals surface area contributed by atoms with E-state index in [9.17, 15) is 0 Å². The van der Waals surface area contributed by atoms with Crippen molar-refractivity contribution in [2.45, 2.75) is 25.3 Å². The van der Waals surface area contributed by atoms with Crippen LogP contribution in [0.3, 0.4) is 0 Å². The summed E-state index contributed by atoms with van der Waals surface area (Å²) in [6.45, 7) is 1.23. The third kappa shape index (κ3) is 3.16. The summed E-state index contributed by atoms with van der Waals surface area (Å²) in [7, 11) is 1.68. The molecule has 0 saturated carbocycles. The Hall–Kier alpha value is 0.310. The average Bonchev–Trinajstić information content (AvgIpc) is 2.65. The minimum atomic E-state index is 0.361. The molecule has 90 valence electrons. The molecule has 0 saturated heterocycles. The molecule has 1 aromatic rings. The number of halogens is 1. The van der Waals surface area contributed by atoms with Crippen molar-refractivity contribution in [2.24, 2.45) is 0 Å². The number of ether oxygens (including phenoxy) is 1. The van der Waals surface area contributed by atoms with Crippen molar-refractivity contribution in [1.29, 1.82) is 0 Å². The molecule has 0 radical (unpaired) electrons. The Morgan fingerprint density at radius 3 is 3.25 bits per heavy atom. The highest BCUT2D eigenvalue weighted by Gasteiger charge is 2.22. The van der Waals surface area contributed by atoms with Gasteiger partial charge in [0.2, 0.25) is 0 Å². The van der Waals surface area contributed by atoms with Gasteiger partial charge in [0, 0.05) is 12.0 Å². The molecular formula is C11H16INO2S. The molecule has 0 fully saturated rings. The summed E-state index contributed by atoms with van der Waals surface area (Å²) in [6, 6.07) is 2.64. The van der Waals surface area contributed by atoms with Gasteiger partial charge in [-0.15, -0.1) is 11.3 Å². The molecule has 0 bridgehead atoms. The molecule has 1 N–H and O–H groups in total. The quantitative estimate of drug-likeness (QED) is 0.502. The van der Waals surface area contributed by atoms with E-state index in [2.05, 4.69) is 34.1 Å². The smallest absolute Gasteiger partial charge is 0.0916 e. The molecule has 1 aromatic heterocycles. The van der Waals surface area contributed by atoms with Gasteiger partial charge in [-0.05, 0) is 53.5 Å². The van der Waals surface area contributed by atoms with Crippen LogP contribution in [-0.4, -0.2) is 20.3 Å². The van der Waals surface area contributed by atoms with E-state index in [1.54, 1.807) is 7.11 Å². The fourth-order valence-electron chi connectivity index (χ4n) is 1.93. The second-order valence-corrected chi connectivity index (χ2v) is 6.86. The summed E-state index contributed by atoms with van der Waals surface area (Å²) in [6.07, 6.45) is 3.63. The summed E-state index contributed by atoms with van der Waals surface area (Å²) in [4.78, 5) is 6.92. The number of rotatable bonds is 5. The highest BCUT2D eigenvalue weighted by Crippen LogP contribution is 2.36. The van der Waals surface area contributed by atoms with Gasteiger partial charge in [-0.3, -0.25) is 4.84 Å². The predicted octanol–water partition coefficient (Wildman–Crippen LogP) is 2.90. The Labute approximate surface area is 114 Å². The van der Waals surface area contributed by atoms with Crippen LogP contribution in [0.2, 0.25) is 0 Å². The number of hydrogen-bond donors (Lipinski definition) is 1. The molecule has 1 atom stereocenters. The molecule has 2 rings (SSSR count). The lowest BCUT2D eigenvalue weighted by Gasteiger charge is -2.23. The fraction of sp³-hybridized carbons (Fsp3) is 0.636. The average molecular weight is 353 g/mol. The number of aryl methyl sites for hydroxylation is 1. The summed E-state index contributed by atoms with van der Waals surface area (Å²) >= 11 is 4.30. The third-order valence-electron chi connectivity index (χ3n) is 2.70. The van der Waals surface area contributed by atoms with E-state index in [1.807, 2.05) is 11.3 Å². The first kappa shape index (κ1) is 12.8. The highest BCUT2D eigenvalue weighted by molar-refractivity contribution is 14.1. The Morgan fingerprint density at radius 1 is 1.56 bits per heavy atom. The lowest BCUT2D eigenvalue weighted by molar-refractivity contribution is -0.0152. The second kappa shape index (κ2) is 6.30. The molecule has 16 heavy (non-hydrogen) atoms. The molecule has 1 aliphatic carbocycles. The van der Waals surface area contributed by atoms with Crippen LogP contribution >= 0.6 is 33.9 Å². The van der Waals surface area contributed by atoms with Gasteiger partial charge in [0.05, 0.1) is 22.1 Å². The maximum atomic E-state index is 5.41. The lowest BCUT2D eigenvalue weighted by Crippen LogP contribution is -2.26. The zero-order valence-corrected chi connectivity index (χ0v) is 12.3. The number of thiophene rings is 1. The Morgan fingerprint density at radius 2 is 2.44 bits per heavy atom. The standard InChI is InChI=1S/C11H16INO2S/c1-14-5-6-15-13-9-3-2-4-10-8(9)7-11(12)16-10/h7,9,13H,2-6H2,1H3. The minimum Gasteiger partial charge on any atom is -0.382 e. The van der Waals surface area contributed by atoms with Crippen LogP contribution in [0, 0.1) is 2.88 Å². The van der Waals surface area contributed by atoms with Crippen molar-refractivity contribution in [3.63, 3.8) is 0 Å². The molecule has 0 aliphatic heterocycles. The number of nitrogens with one attached hydrogen (secondary N) is 1. The first-order valence-electron chi connectivity index (χ1n) is 5.45. The molecule has 3 nitrogen and oxygen atoms in total. The van der Waals surface area contributed by atoms with Crippen molar-refractivity contribution < 1.29 is 9.57 Å². The van der Waals surface area contributed by atoms with Crippen molar-refractivity contribution >= 4 is 33.9 Å². The molecule has 1 aliphatic rings. The summed E-state index contributed by atoms with van der Waals surface area (Å²) in [5, 5.41) is 0. The maximum absolute atomic E-state index is 5.41. The van der Waals surface area contributed by atoms with Crippen LogP contribution in [-0.2, 0) is 16.0 Å². The number of hydrogen-bond acceptors (Lipinski definition) is 4. The van der Waals surface area contributed by atoms with E-state index in [1.165, 1.54) is 26.2 Å². The highest BCUT2D eigenvalue weighted by atomic mass is 127. The third-order valence-corrected chi connectivity index (χ3v) is 4.67. The van der Waals surface area contributed by atoms with Crippen LogP contribution in [0.4, 0.5) is 0 Å². The number of fused-ring (bicyclic) bond motifs is 1. The lowest BCUT2D eigenvalue weighted by atomic mass is 9.95. The maximum Gasteiger partial charge on any atom is 0.0916 e. The van der Waals surface area contributed by atoms with E-state index in [4.69, 9.17) is 9.57 Å². The predicted molar refractivity (Wildman–Crippen MR) is 73.7 cm³/mol. The van der Waals surface area contributed by atoms with Crippen molar-refractivity contribution in [3.8, 4) is 0 Å². The first-order chi connectivity index (χ1) is 7.81. The van der Waals surface area contributed by atoms with Gasteiger partial charge in [-0.25, -0.2) is 0 Å². The van der Waals surface area contributed by atoms with Crippen LogP contribution in [0.5, 0.6) is 0 Å². The summed E-state index contributed by atoms with van der Waals surface area (Å²) in [5.74, 6) is 0. The fourth-order valence-corrected chi connectivity index (χ4v) is 4.05. The molecule has 0 spiro atoms. The van der Waals surface area contributed by atoms with Crippen LogP contribution in [0.15, 0.2) is 6.07 Å². The van der Waals surface area contributed by atoms with Gasteiger partial charge < -0.3 is 4.74 Å². The van der Waals surface area contributed by atoms with Crippen molar-refractivity contribution in [3.05, 3.63) is 19.4 Å². The SMILES string of the molecule is COCCONC1CCCc2sc(I)cc21. The van der Waals surface area contributed by atoms with E-state index >= 15 is 0 Å². The van der Waals surface area contributed by atoms with E-state index in [0.717, 1.165) is 6.42 Å². The van der Waals surface area contributed by atoms with Gasteiger partial charge in [0.25, 0.3) is 0 Å². The minimum absolute atomic E-state index is 0.361. The molecule has 1 heterocycles. The van der Waals surface area contributed by atoms with Crippen molar-refractivity contribution in [1.82, 2.24) is 5.48 Å². The van der Waals surface area contributed by atoms with Gasteiger partial charge in [-0.1, -0.05) is 0 Å². The largest absolute Gasteiger partial charge is 0.382 e. The topological polar surface area (TPSA) is 30.5 Å². The molecule has 5 heteroatoms. The van der Waals surface area contributed by atoms with E-state index in [-0.39, 0.29) is 0 Å². The zero-order valence-electron chi connectivity index (χ0n) is 9.29. The molecule has 0 aromatic carbocycles. The molecule has 1 unspecified atom stereocenters. The Balaban J connectivity index is 1.91. The monoisotopic (exact) mass is 353 g/mol. The van der Waals surface area contributed by atoms with Crippen LogP contribution < -0.4 is 5.48 Å². The van der Waals surface area contributed by atoms with Gasteiger partial charge in [0.1, 0.15) is 0 Å². The van der Waals surface area contributed by atoms with Crippen LogP contribution in [0.25, 0.3) is 0 Å². The van der Waals surface area contributed by atoms with E-state index in [0.29, 0.717) is 19.3 Å². The van der Waals surface area contributed by atoms with Gasteiger partial charge in [0.15, 0.2) is 0 Å². The Bertz CT molecular complexity index is 343. The van der Waals surface area contributed by atoms with Crippen LogP contribution in [0.1, 0.15) is 29.3 Å². The number of methoxy groups -OCH3 is 1. The molecule has 0 amide bonds. The van der Waals surface area contributed by atoms with Gasteiger partial charge >= 0.3 is 0 Å². The molecular weight excluding hydrogens is 337 g/mol. The number of hydroxylamine groups is 1. The Kier molecular flexibility index (Phi) is 5.02. The first-order valence-corrected chi connectivity index (χ1v) is 7.35. The van der Waals surface area contributed by atoms with Crippen molar-refractivity contribution in [2.75, 3.05) is 20.3 Å². The zero-order chi connectivity index (χ0) is 11.4. The normalized spacial score (nSPS) is 19.8. The van der Waals surface area contributed by atoms with E-state index < -0.39 is 0 Å². The summed E-state index contributed by atoms with van der Waals surface area (Å²) in [5.41, 5.74) is 4.58. The second-order valence-electron chi connectivity index (χ2n) is 3.83.